The number of nitrogens with zero attached hydrogens (tertiary/aromatic N) is 1. The molecule has 0 fully saturated rings. The van der Waals surface area contributed by atoms with Crippen LogP contribution in [0.2, 0.25) is 0 Å². The lowest BCUT2D eigenvalue weighted by atomic mass is 10.2. The Kier molecular flexibility index (Phi) is 8.18. The lowest BCUT2D eigenvalue weighted by Gasteiger charge is -2.14. The van der Waals surface area contributed by atoms with E-state index in [-0.39, 0.29) is 29.5 Å². The van der Waals surface area contributed by atoms with Crippen molar-refractivity contribution in [1.82, 2.24) is 14.3 Å². The smallest absolute Gasteiger partial charge is 0.257 e. The molecule has 1 amide bonds. The first kappa shape index (κ1) is 24.8. The van der Waals surface area contributed by atoms with Crippen molar-refractivity contribution in [1.29, 1.82) is 0 Å². The van der Waals surface area contributed by atoms with Gasteiger partial charge in [-0.2, -0.15) is 0 Å². The minimum absolute atomic E-state index is 0.0259. The van der Waals surface area contributed by atoms with Crippen molar-refractivity contribution in [2.75, 3.05) is 33.8 Å². The Balaban J connectivity index is 1.81. The lowest BCUT2D eigenvalue weighted by molar-refractivity contribution is -0.123. The quantitative estimate of drug-likeness (QED) is 0.501. The summed E-state index contributed by atoms with van der Waals surface area (Å²) in [5.41, 5.74) is 1.52. The molecule has 11 heteroatoms. The summed E-state index contributed by atoms with van der Waals surface area (Å²) in [6.45, 7) is 3.38. The molecule has 2 aromatic rings. The van der Waals surface area contributed by atoms with Crippen molar-refractivity contribution in [2.45, 2.75) is 23.6 Å². The SMILES string of the molecule is Cc1ccc(S(=O)(=O)NCCNC(=O)COc2ccc(S(=O)(=O)N(C)C)cc2C)cc1. The molecule has 0 bridgehead atoms. The van der Waals surface area contributed by atoms with Crippen molar-refractivity contribution in [3.05, 3.63) is 53.6 Å². The third kappa shape index (κ3) is 6.76. The van der Waals surface area contributed by atoms with Crippen molar-refractivity contribution >= 4 is 26.0 Å². The molecule has 0 aliphatic carbocycles. The zero-order chi connectivity index (χ0) is 23.2. The topological polar surface area (TPSA) is 122 Å². The molecule has 0 atom stereocenters. The number of carbonyl (C=O) groups excluding carboxylic acids is 1. The molecular formula is C20H27N3O6S2. The van der Waals surface area contributed by atoms with Gasteiger partial charge in [-0.1, -0.05) is 17.7 Å². The molecule has 0 aromatic heterocycles. The number of rotatable bonds is 10. The second-order valence-electron chi connectivity index (χ2n) is 7.06. The highest BCUT2D eigenvalue weighted by Crippen LogP contribution is 2.23. The zero-order valence-electron chi connectivity index (χ0n) is 17.9. The molecule has 0 radical (unpaired) electrons. The summed E-state index contributed by atoms with van der Waals surface area (Å²) in [6, 6.07) is 10.8. The standard InChI is InChI=1S/C20H27N3O6S2/c1-15-5-7-17(8-6-15)30(25,26)22-12-11-21-20(24)14-29-19-10-9-18(13-16(19)2)31(27,28)23(3)4/h5-10,13,22H,11-12,14H2,1-4H3,(H,21,24). The van der Waals surface area contributed by atoms with Gasteiger partial charge >= 0.3 is 0 Å². The van der Waals surface area contributed by atoms with Crippen LogP contribution in [0.15, 0.2) is 52.3 Å². The molecule has 0 saturated carbocycles. The number of aryl methyl sites for hydroxylation is 2. The third-order valence-corrected chi connectivity index (χ3v) is 7.64. The van der Waals surface area contributed by atoms with Gasteiger partial charge in [-0.05, 0) is 49.7 Å². The first-order valence-electron chi connectivity index (χ1n) is 9.42. The maximum atomic E-state index is 12.2. The molecule has 0 heterocycles. The van der Waals surface area contributed by atoms with E-state index >= 15 is 0 Å². The molecular weight excluding hydrogens is 442 g/mol. The van der Waals surface area contributed by atoms with E-state index in [0.29, 0.717) is 11.3 Å². The van der Waals surface area contributed by atoms with Gasteiger partial charge in [0.05, 0.1) is 9.79 Å². The van der Waals surface area contributed by atoms with E-state index < -0.39 is 26.0 Å². The van der Waals surface area contributed by atoms with E-state index in [4.69, 9.17) is 4.74 Å². The molecule has 0 unspecified atom stereocenters. The largest absolute Gasteiger partial charge is 0.484 e. The van der Waals surface area contributed by atoms with E-state index in [1.807, 2.05) is 6.92 Å². The first-order valence-corrected chi connectivity index (χ1v) is 12.3. The number of sulfonamides is 2. The molecule has 2 rings (SSSR count). The molecule has 0 aliphatic rings. The van der Waals surface area contributed by atoms with Crippen LogP contribution in [0.25, 0.3) is 0 Å². The van der Waals surface area contributed by atoms with Crippen LogP contribution in [0, 0.1) is 13.8 Å². The molecule has 0 spiro atoms. The number of benzene rings is 2. The van der Waals surface area contributed by atoms with E-state index in [1.54, 1.807) is 19.1 Å². The van der Waals surface area contributed by atoms with Crippen LogP contribution in [-0.2, 0) is 24.8 Å². The fourth-order valence-electron chi connectivity index (χ4n) is 2.54. The van der Waals surface area contributed by atoms with Crippen LogP contribution in [0.3, 0.4) is 0 Å². The highest BCUT2D eigenvalue weighted by atomic mass is 32.2. The molecule has 31 heavy (non-hydrogen) atoms. The number of hydrogen-bond donors (Lipinski definition) is 2. The highest BCUT2D eigenvalue weighted by Gasteiger charge is 2.18. The van der Waals surface area contributed by atoms with Gasteiger partial charge in [-0.15, -0.1) is 0 Å². The van der Waals surface area contributed by atoms with Crippen LogP contribution < -0.4 is 14.8 Å². The van der Waals surface area contributed by atoms with Crippen LogP contribution in [-0.4, -0.2) is 60.8 Å². The first-order chi connectivity index (χ1) is 14.4. The van der Waals surface area contributed by atoms with Crippen LogP contribution in [0.1, 0.15) is 11.1 Å². The normalized spacial score (nSPS) is 12.0. The fraction of sp³-hybridized carbons (Fsp3) is 0.350. The Bertz CT molecular complexity index is 1130. The van der Waals surface area contributed by atoms with Crippen molar-refractivity contribution in [3.63, 3.8) is 0 Å². The van der Waals surface area contributed by atoms with Gasteiger partial charge < -0.3 is 10.1 Å². The van der Waals surface area contributed by atoms with Crippen molar-refractivity contribution < 1.29 is 26.4 Å². The summed E-state index contributed by atoms with van der Waals surface area (Å²) >= 11 is 0. The van der Waals surface area contributed by atoms with Crippen LogP contribution >= 0.6 is 0 Å². The van der Waals surface area contributed by atoms with Gasteiger partial charge in [-0.25, -0.2) is 25.9 Å². The van der Waals surface area contributed by atoms with Gasteiger partial charge in [0.1, 0.15) is 5.75 Å². The van der Waals surface area contributed by atoms with Gasteiger partial charge in [-0.3, -0.25) is 4.79 Å². The van der Waals surface area contributed by atoms with E-state index in [2.05, 4.69) is 10.0 Å². The summed E-state index contributed by atoms with van der Waals surface area (Å²) in [5, 5.41) is 2.56. The molecule has 2 N–H and O–H groups in total. The van der Waals surface area contributed by atoms with Gasteiger partial charge in [0, 0.05) is 27.2 Å². The molecule has 0 saturated heterocycles. The van der Waals surface area contributed by atoms with Crippen LogP contribution in [0.4, 0.5) is 0 Å². The van der Waals surface area contributed by atoms with Crippen LogP contribution in [0.5, 0.6) is 5.75 Å². The summed E-state index contributed by atoms with van der Waals surface area (Å²) in [6.07, 6.45) is 0. The number of carbonyl (C=O) groups is 1. The zero-order valence-corrected chi connectivity index (χ0v) is 19.5. The minimum Gasteiger partial charge on any atom is -0.484 e. The predicted molar refractivity (Wildman–Crippen MR) is 117 cm³/mol. The van der Waals surface area contributed by atoms with E-state index in [1.165, 1.54) is 44.4 Å². The number of amides is 1. The Hall–Kier alpha value is -2.47. The number of ether oxygens (including phenoxy) is 1. The Morgan fingerprint density at radius 2 is 1.55 bits per heavy atom. The average molecular weight is 470 g/mol. The maximum Gasteiger partial charge on any atom is 0.257 e. The molecule has 2 aromatic carbocycles. The monoisotopic (exact) mass is 469 g/mol. The summed E-state index contributed by atoms with van der Waals surface area (Å²) < 4.78 is 57.7. The average Bonchev–Trinajstić information content (AvgIpc) is 2.70. The second kappa shape index (κ2) is 10.2. The Morgan fingerprint density at radius 3 is 2.13 bits per heavy atom. The molecule has 170 valence electrons. The highest BCUT2D eigenvalue weighted by molar-refractivity contribution is 7.89. The van der Waals surface area contributed by atoms with Gasteiger partial charge in [0.15, 0.2) is 6.61 Å². The second-order valence-corrected chi connectivity index (χ2v) is 11.0. The van der Waals surface area contributed by atoms with E-state index in [0.717, 1.165) is 9.87 Å². The fourth-order valence-corrected chi connectivity index (χ4v) is 4.56. The summed E-state index contributed by atoms with van der Waals surface area (Å²) in [4.78, 5) is 12.2. The number of hydrogen-bond acceptors (Lipinski definition) is 6. The predicted octanol–water partition coefficient (Wildman–Crippen LogP) is 1.03. The molecule has 9 nitrogen and oxygen atoms in total. The summed E-state index contributed by atoms with van der Waals surface area (Å²) in [5.74, 6) is -0.0492. The maximum absolute atomic E-state index is 12.2. The van der Waals surface area contributed by atoms with Crippen molar-refractivity contribution in [2.24, 2.45) is 0 Å². The van der Waals surface area contributed by atoms with Gasteiger partial charge in [0.25, 0.3) is 5.91 Å². The minimum atomic E-state index is -3.64. The van der Waals surface area contributed by atoms with E-state index in [9.17, 15) is 21.6 Å². The van der Waals surface area contributed by atoms with Crippen molar-refractivity contribution in [3.8, 4) is 5.75 Å². The third-order valence-electron chi connectivity index (χ3n) is 4.35. The number of nitrogens with one attached hydrogen (secondary N) is 2. The summed E-state index contributed by atoms with van der Waals surface area (Å²) in [7, 11) is -4.31. The Morgan fingerprint density at radius 1 is 0.935 bits per heavy atom. The molecule has 0 aliphatic heterocycles. The van der Waals surface area contributed by atoms with Gasteiger partial charge in [0.2, 0.25) is 20.0 Å². The lowest BCUT2D eigenvalue weighted by Crippen LogP contribution is -2.36. The Labute approximate surface area is 183 Å².